The van der Waals surface area contributed by atoms with Crippen LogP contribution >= 0.6 is 7.14 Å². The van der Waals surface area contributed by atoms with E-state index in [1.807, 2.05) is 18.2 Å². The normalized spacial score (nSPS) is 13.3. The van der Waals surface area contributed by atoms with Gasteiger partial charge in [0.2, 0.25) is 0 Å². The predicted molar refractivity (Wildman–Crippen MR) is 133 cm³/mol. The van der Waals surface area contributed by atoms with Gasteiger partial charge in [-0.15, -0.1) is 0 Å². The van der Waals surface area contributed by atoms with Crippen LogP contribution in [0.4, 0.5) is 0 Å². The molecule has 0 bridgehead atoms. The van der Waals surface area contributed by atoms with Gasteiger partial charge >= 0.3 is 0 Å². The fourth-order valence-electron chi connectivity index (χ4n) is 4.36. The molecule has 0 spiro atoms. The zero-order valence-corrected chi connectivity index (χ0v) is 19.9. The minimum atomic E-state index is -2.80. The van der Waals surface area contributed by atoms with Crippen LogP contribution in [0, 0.1) is 0 Å². The van der Waals surface area contributed by atoms with Gasteiger partial charge in [0, 0.05) is 15.6 Å². The third kappa shape index (κ3) is 4.23. The Morgan fingerprint density at radius 2 is 1.13 bits per heavy atom. The van der Waals surface area contributed by atoms with Crippen LogP contribution in [0.3, 0.4) is 0 Å². The Morgan fingerprint density at radius 3 is 1.67 bits per heavy atom. The summed E-state index contributed by atoms with van der Waals surface area (Å²) in [5.74, 6) is 0. The largest absolute Gasteiger partial charge is 0.318 e. The summed E-state index contributed by atoms with van der Waals surface area (Å²) < 4.78 is 14.8. The van der Waals surface area contributed by atoms with Crippen molar-refractivity contribution >= 4 is 24.1 Å². The van der Waals surface area contributed by atoms with Crippen LogP contribution in [0.2, 0.25) is 0 Å². The maximum Gasteiger partial charge on any atom is 0.126 e. The molecule has 0 atom stereocenters. The molecule has 0 amide bonds. The molecule has 3 aromatic carbocycles. The van der Waals surface area contributed by atoms with Gasteiger partial charge in [-0.25, -0.2) is 0 Å². The second kappa shape index (κ2) is 8.40. The number of benzene rings is 3. The molecule has 0 fully saturated rings. The molecule has 0 N–H and O–H groups in total. The van der Waals surface area contributed by atoms with Crippen molar-refractivity contribution in [3.05, 3.63) is 102 Å². The molecule has 0 aromatic heterocycles. The zero-order valence-electron chi connectivity index (χ0n) is 19.0. The van der Waals surface area contributed by atoms with Crippen molar-refractivity contribution in [3.63, 3.8) is 0 Å². The van der Waals surface area contributed by atoms with Gasteiger partial charge in [-0.2, -0.15) is 0 Å². The van der Waals surface area contributed by atoms with Crippen molar-refractivity contribution in [3.8, 4) is 0 Å². The van der Waals surface area contributed by atoms with E-state index in [1.165, 1.54) is 0 Å². The molecule has 156 valence electrons. The molecule has 0 radical (unpaired) electrons. The van der Waals surface area contributed by atoms with Crippen LogP contribution in [0.1, 0.15) is 58.2 Å². The Kier molecular flexibility index (Phi) is 6.25. The van der Waals surface area contributed by atoms with Gasteiger partial charge in [0.05, 0.1) is 0 Å². The first-order valence-electron chi connectivity index (χ1n) is 10.6. The molecule has 0 aliphatic rings. The Balaban J connectivity index is 2.35. The first-order valence-corrected chi connectivity index (χ1v) is 12.3. The second-order valence-corrected chi connectivity index (χ2v) is 14.2. The fraction of sp³-hybridized carbons (Fsp3) is 0.286. The summed E-state index contributed by atoms with van der Waals surface area (Å²) in [5, 5.41) is 0.266. The monoisotopic (exact) mass is 416 g/mol. The standard InChI is InChI=1S/C28H33OP/c1-27(2,3)30(29,28(4,5)6)26-20-14-13-19-24(26)25(23-17-11-8-12-18-23)21-22-15-9-7-10-16-22/h7-21H,1-6H3/b25-21+. The molecule has 0 aliphatic carbocycles. The summed E-state index contributed by atoms with van der Waals surface area (Å²) in [6.07, 6.45) is 2.21. The third-order valence-electron chi connectivity index (χ3n) is 5.62. The second-order valence-electron chi connectivity index (χ2n) is 9.80. The van der Waals surface area contributed by atoms with E-state index in [0.29, 0.717) is 0 Å². The van der Waals surface area contributed by atoms with E-state index in [2.05, 4.69) is 114 Å². The van der Waals surface area contributed by atoms with Gasteiger partial charge in [-0.05, 0) is 28.3 Å². The van der Waals surface area contributed by atoms with Crippen LogP contribution in [0.25, 0.3) is 11.6 Å². The highest BCUT2D eigenvalue weighted by atomic mass is 31.2. The van der Waals surface area contributed by atoms with Crippen LogP contribution in [0.5, 0.6) is 0 Å². The molecule has 1 nitrogen and oxygen atoms in total. The summed E-state index contributed by atoms with van der Waals surface area (Å²) in [6.45, 7) is 12.7. The van der Waals surface area contributed by atoms with Gasteiger partial charge in [-0.1, -0.05) is 126 Å². The van der Waals surface area contributed by atoms with Crippen molar-refractivity contribution < 1.29 is 4.57 Å². The molecular formula is C28H33OP. The number of rotatable bonds is 4. The summed E-state index contributed by atoms with van der Waals surface area (Å²) >= 11 is 0. The molecule has 30 heavy (non-hydrogen) atoms. The Bertz CT molecular complexity index is 1050. The van der Waals surface area contributed by atoms with Crippen LogP contribution in [-0.2, 0) is 4.57 Å². The van der Waals surface area contributed by atoms with Gasteiger partial charge < -0.3 is 4.57 Å². The van der Waals surface area contributed by atoms with Gasteiger partial charge in [0.15, 0.2) is 0 Å². The summed E-state index contributed by atoms with van der Waals surface area (Å²) in [5.41, 5.74) is 4.42. The predicted octanol–water partition coefficient (Wildman–Crippen LogP) is 7.86. The van der Waals surface area contributed by atoms with Gasteiger partial charge in [0.1, 0.15) is 7.14 Å². The zero-order chi connectivity index (χ0) is 22.0. The van der Waals surface area contributed by atoms with Crippen molar-refractivity contribution in [1.82, 2.24) is 0 Å². The van der Waals surface area contributed by atoms with E-state index in [0.717, 1.165) is 27.6 Å². The summed E-state index contributed by atoms with van der Waals surface area (Å²) in [7, 11) is -2.80. The third-order valence-corrected chi connectivity index (χ3v) is 10.5. The maximum absolute atomic E-state index is 14.8. The van der Waals surface area contributed by atoms with Crippen LogP contribution in [-0.4, -0.2) is 10.3 Å². The lowest BCUT2D eigenvalue weighted by molar-refractivity contribution is 0.527. The topological polar surface area (TPSA) is 17.1 Å². The van der Waals surface area contributed by atoms with Gasteiger partial charge in [-0.3, -0.25) is 0 Å². The molecule has 0 saturated heterocycles. The van der Waals surface area contributed by atoms with Crippen molar-refractivity contribution in [1.29, 1.82) is 0 Å². The lowest BCUT2D eigenvalue weighted by Crippen LogP contribution is -2.36. The first kappa shape index (κ1) is 22.3. The van der Waals surface area contributed by atoms with E-state index in [4.69, 9.17) is 0 Å². The molecule has 3 aromatic rings. The van der Waals surface area contributed by atoms with E-state index in [1.54, 1.807) is 0 Å². The SMILES string of the molecule is CC(C)(C)P(=O)(c1ccccc1/C(=C/c1ccccc1)c1ccccc1)C(C)(C)C. The molecule has 0 heterocycles. The fourth-order valence-corrected chi connectivity index (χ4v) is 8.64. The highest BCUT2D eigenvalue weighted by Gasteiger charge is 2.48. The molecule has 3 rings (SSSR count). The quantitative estimate of drug-likeness (QED) is 0.312. The first-order chi connectivity index (χ1) is 14.1. The minimum Gasteiger partial charge on any atom is -0.318 e. The lowest BCUT2D eigenvalue weighted by Gasteiger charge is -2.42. The van der Waals surface area contributed by atoms with E-state index >= 15 is 0 Å². The molecule has 2 heteroatoms. The van der Waals surface area contributed by atoms with Crippen molar-refractivity contribution in [2.45, 2.75) is 51.9 Å². The molecule has 0 unspecified atom stereocenters. The van der Waals surface area contributed by atoms with E-state index in [9.17, 15) is 4.57 Å². The van der Waals surface area contributed by atoms with Gasteiger partial charge in [0.25, 0.3) is 0 Å². The highest BCUT2D eigenvalue weighted by molar-refractivity contribution is 7.74. The highest BCUT2D eigenvalue weighted by Crippen LogP contribution is 2.66. The number of hydrogen-bond donors (Lipinski definition) is 0. The van der Waals surface area contributed by atoms with Crippen LogP contribution in [0.15, 0.2) is 84.9 Å². The minimum absolute atomic E-state index is 0.351. The molecule has 0 aliphatic heterocycles. The lowest BCUT2D eigenvalue weighted by atomic mass is 9.95. The van der Waals surface area contributed by atoms with E-state index < -0.39 is 7.14 Å². The summed E-state index contributed by atoms with van der Waals surface area (Å²) in [4.78, 5) is 0. The maximum atomic E-state index is 14.8. The van der Waals surface area contributed by atoms with Crippen LogP contribution < -0.4 is 5.30 Å². The van der Waals surface area contributed by atoms with E-state index in [-0.39, 0.29) is 10.3 Å². The Labute approximate surface area is 182 Å². The summed E-state index contributed by atoms with van der Waals surface area (Å²) in [6, 6.07) is 29.0. The smallest absolute Gasteiger partial charge is 0.126 e. The Hall–Kier alpha value is -2.37. The van der Waals surface area contributed by atoms with Crippen molar-refractivity contribution in [2.75, 3.05) is 0 Å². The molecular weight excluding hydrogens is 383 g/mol. The average molecular weight is 417 g/mol. The Morgan fingerprint density at radius 1 is 0.667 bits per heavy atom. The average Bonchev–Trinajstić information content (AvgIpc) is 2.71. The number of hydrogen-bond acceptors (Lipinski definition) is 1. The van der Waals surface area contributed by atoms with Crippen molar-refractivity contribution in [2.24, 2.45) is 0 Å². The molecule has 0 saturated carbocycles.